The van der Waals surface area contributed by atoms with E-state index >= 15 is 0 Å². The van der Waals surface area contributed by atoms with E-state index in [0.29, 0.717) is 24.6 Å². The van der Waals surface area contributed by atoms with Crippen LogP contribution in [0.1, 0.15) is 24.2 Å². The normalized spacial score (nSPS) is 13.9. The number of aliphatic imine (C=N–C) groups is 1. The van der Waals surface area contributed by atoms with Gasteiger partial charge in [0.25, 0.3) is 0 Å². The third-order valence-electron chi connectivity index (χ3n) is 4.86. The molecule has 1 heterocycles. The first-order chi connectivity index (χ1) is 15.0. The number of hydrogen-bond acceptors (Lipinski definition) is 4. The second-order valence-electron chi connectivity index (χ2n) is 6.96. The van der Waals surface area contributed by atoms with Crippen LogP contribution in [0, 0.1) is 0 Å². The predicted molar refractivity (Wildman–Crippen MR) is 130 cm³/mol. The zero-order valence-electron chi connectivity index (χ0n) is 17.6. The molecule has 1 aliphatic rings. The highest BCUT2D eigenvalue weighted by atomic mass is 127. The first kappa shape index (κ1) is 25.8. The van der Waals surface area contributed by atoms with Crippen LogP contribution in [-0.2, 0) is 11.2 Å². The van der Waals surface area contributed by atoms with Gasteiger partial charge < -0.3 is 25.4 Å². The Morgan fingerprint density at radius 2 is 1.91 bits per heavy atom. The number of ether oxygens (including phenoxy) is 1. The van der Waals surface area contributed by atoms with Crippen LogP contribution in [0.3, 0.4) is 0 Å². The van der Waals surface area contributed by atoms with Gasteiger partial charge in [0, 0.05) is 25.3 Å². The van der Waals surface area contributed by atoms with Gasteiger partial charge in [0.1, 0.15) is 12.3 Å². The number of aliphatic hydroxyl groups excluding tert-OH is 1. The van der Waals surface area contributed by atoms with Crippen molar-refractivity contribution in [2.24, 2.45) is 4.99 Å². The number of rotatable bonds is 8. The van der Waals surface area contributed by atoms with E-state index in [0.717, 1.165) is 17.7 Å². The largest absolute Gasteiger partial charge is 0.435 e. The maximum Gasteiger partial charge on any atom is 0.387 e. The van der Waals surface area contributed by atoms with Gasteiger partial charge >= 0.3 is 6.61 Å². The van der Waals surface area contributed by atoms with Gasteiger partial charge in [-0.25, -0.2) is 4.99 Å². The Labute approximate surface area is 202 Å². The van der Waals surface area contributed by atoms with E-state index in [-0.39, 0.29) is 48.7 Å². The van der Waals surface area contributed by atoms with Crippen LogP contribution in [0.15, 0.2) is 53.5 Å². The molecule has 32 heavy (non-hydrogen) atoms. The summed E-state index contributed by atoms with van der Waals surface area (Å²) in [6.45, 7) is 0.326. The minimum absolute atomic E-state index is 0. The fraction of sp³-hybridized carbons (Fsp3) is 0.364. The van der Waals surface area contributed by atoms with Crippen molar-refractivity contribution < 1.29 is 23.4 Å². The molecule has 3 rings (SSSR count). The monoisotopic (exact) mass is 560 g/mol. The van der Waals surface area contributed by atoms with Gasteiger partial charge in [0.15, 0.2) is 5.96 Å². The van der Waals surface area contributed by atoms with Gasteiger partial charge in [0.2, 0.25) is 5.91 Å². The van der Waals surface area contributed by atoms with Crippen molar-refractivity contribution >= 4 is 41.5 Å². The van der Waals surface area contributed by atoms with E-state index in [1.165, 1.54) is 24.3 Å². The van der Waals surface area contributed by atoms with E-state index in [1.807, 2.05) is 31.2 Å². The minimum atomic E-state index is -2.90. The average Bonchev–Trinajstić information content (AvgIpc) is 3.19. The van der Waals surface area contributed by atoms with E-state index in [9.17, 15) is 18.7 Å². The Balaban J connectivity index is 0.00000363. The number of hydrogen-bond donors (Lipinski definition) is 3. The quantitative estimate of drug-likeness (QED) is 0.263. The third-order valence-corrected chi connectivity index (χ3v) is 4.86. The van der Waals surface area contributed by atoms with Crippen molar-refractivity contribution in [1.29, 1.82) is 0 Å². The molecule has 0 radical (unpaired) electrons. The molecule has 0 fully saturated rings. The average molecular weight is 560 g/mol. The zero-order chi connectivity index (χ0) is 22.2. The summed E-state index contributed by atoms with van der Waals surface area (Å²) in [5.74, 6) is 0.327. The van der Waals surface area contributed by atoms with Crippen LogP contribution in [0.2, 0.25) is 0 Å². The number of nitrogens with zero attached hydrogens (tertiary/aromatic N) is 2. The Kier molecular flexibility index (Phi) is 10.1. The smallest absolute Gasteiger partial charge is 0.387 e. The highest BCUT2D eigenvalue weighted by molar-refractivity contribution is 14.0. The number of nitrogens with one attached hydrogen (secondary N) is 2. The second-order valence-corrected chi connectivity index (χ2v) is 6.96. The Morgan fingerprint density at radius 1 is 1.19 bits per heavy atom. The number of para-hydroxylation sites is 1. The van der Waals surface area contributed by atoms with Crippen LogP contribution >= 0.6 is 24.0 Å². The summed E-state index contributed by atoms with van der Waals surface area (Å²) in [6.07, 6.45) is -0.0669. The molecule has 1 aliphatic heterocycles. The minimum Gasteiger partial charge on any atom is -0.435 e. The molecule has 2 aromatic rings. The topological polar surface area (TPSA) is 86.2 Å². The fourth-order valence-corrected chi connectivity index (χ4v) is 3.35. The third kappa shape index (κ3) is 7.02. The van der Waals surface area contributed by atoms with E-state index in [2.05, 4.69) is 20.4 Å². The lowest BCUT2D eigenvalue weighted by Gasteiger charge is -2.18. The number of guanidine groups is 1. The number of anilines is 1. The van der Waals surface area contributed by atoms with Crippen molar-refractivity contribution in [3.8, 4) is 5.75 Å². The SMILES string of the molecule is CCNC(=NCC(=O)N1CCc2ccccc21)NCC(O)c1ccc(OC(F)F)cc1.I. The van der Waals surface area contributed by atoms with Gasteiger partial charge in [-0.3, -0.25) is 4.79 Å². The van der Waals surface area contributed by atoms with E-state index < -0.39 is 12.7 Å². The number of benzene rings is 2. The maximum absolute atomic E-state index is 12.6. The number of carbonyl (C=O) groups excluding carboxylic acids is 1. The molecule has 0 aliphatic carbocycles. The lowest BCUT2D eigenvalue weighted by Crippen LogP contribution is -2.40. The van der Waals surface area contributed by atoms with Gasteiger partial charge in [0.05, 0.1) is 6.10 Å². The molecule has 0 saturated carbocycles. The number of aliphatic hydroxyl groups is 1. The predicted octanol–water partition coefficient (Wildman–Crippen LogP) is 3.08. The maximum atomic E-state index is 12.6. The molecule has 2 aromatic carbocycles. The fourth-order valence-electron chi connectivity index (χ4n) is 3.35. The number of fused-ring (bicyclic) bond motifs is 1. The molecule has 0 spiro atoms. The summed E-state index contributed by atoms with van der Waals surface area (Å²) >= 11 is 0. The first-order valence-corrected chi connectivity index (χ1v) is 10.1. The molecule has 174 valence electrons. The Hall–Kier alpha value is -2.47. The second kappa shape index (κ2) is 12.5. The molecule has 1 atom stereocenters. The molecule has 0 bridgehead atoms. The molecular weight excluding hydrogens is 533 g/mol. The lowest BCUT2D eigenvalue weighted by atomic mass is 10.1. The molecular formula is C22H27F2IN4O3. The molecule has 1 amide bonds. The molecule has 3 N–H and O–H groups in total. The highest BCUT2D eigenvalue weighted by Gasteiger charge is 2.23. The van der Waals surface area contributed by atoms with Crippen LogP contribution < -0.4 is 20.3 Å². The summed E-state index contributed by atoms with van der Waals surface area (Å²) in [6, 6.07) is 13.6. The standard InChI is InChI=1S/C22H26F2N4O3.HI/c1-2-25-22(26-13-19(29)16-7-9-17(10-8-16)31-21(23)24)27-14-20(30)28-12-11-15-5-3-4-6-18(15)28;/h3-10,19,21,29H,2,11-14H2,1H3,(H2,25,26,27);1H. The van der Waals surface area contributed by atoms with Crippen LogP contribution in [0.4, 0.5) is 14.5 Å². The number of amides is 1. The Bertz CT molecular complexity index is 912. The van der Waals surface area contributed by atoms with Gasteiger partial charge in [-0.15, -0.1) is 24.0 Å². The van der Waals surface area contributed by atoms with Gasteiger partial charge in [-0.1, -0.05) is 30.3 Å². The summed E-state index contributed by atoms with van der Waals surface area (Å²) in [4.78, 5) is 18.7. The Morgan fingerprint density at radius 3 is 2.59 bits per heavy atom. The number of carbonyl (C=O) groups is 1. The lowest BCUT2D eigenvalue weighted by molar-refractivity contribution is -0.117. The molecule has 0 saturated heterocycles. The summed E-state index contributed by atoms with van der Waals surface area (Å²) in [7, 11) is 0. The van der Waals surface area contributed by atoms with Gasteiger partial charge in [-0.05, 0) is 42.7 Å². The zero-order valence-corrected chi connectivity index (χ0v) is 20.0. The van der Waals surface area contributed by atoms with Crippen molar-refractivity contribution in [2.75, 3.05) is 31.1 Å². The van der Waals surface area contributed by atoms with E-state index in [4.69, 9.17) is 0 Å². The van der Waals surface area contributed by atoms with Crippen LogP contribution in [-0.4, -0.2) is 49.8 Å². The molecule has 1 unspecified atom stereocenters. The molecule has 0 aromatic heterocycles. The summed E-state index contributed by atoms with van der Waals surface area (Å²) < 4.78 is 28.8. The molecule has 7 nitrogen and oxygen atoms in total. The van der Waals surface area contributed by atoms with Crippen LogP contribution in [0.5, 0.6) is 5.75 Å². The van der Waals surface area contributed by atoms with Crippen molar-refractivity contribution in [2.45, 2.75) is 26.1 Å². The van der Waals surface area contributed by atoms with Crippen LogP contribution in [0.25, 0.3) is 0 Å². The summed E-state index contributed by atoms with van der Waals surface area (Å²) in [5.41, 5.74) is 2.61. The number of halogens is 3. The van der Waals surface area contributed by atoms with Gasteiger partial charge in [-0.2, -0.15) is 8.78 Å². The van der Waals surface area contributed by atoms with Crippen molar-refractivity contribution in [3.63, 3.8) is 0 Å². The van der Waals surface area contributed by atoms with Crippen molar-refractivity contribution in [1.82, 2.24) is 10.6 Å². The molecule has 10 heteroatoms. The number of alkyl halides is 2. The van der Waals surface area contributed by atoms with E-state index in [1.54, 1.807) is 4.90 Å². The highest BCUT2D eigenvalue weighted by Crippen LogP contribution is 2.27. The van der Waals surface area contributed by atoms with Crippen molar-refractivity contribution in [3.05, 3.63) is 59.7 Å². The summed E-state index contributed by atoms with van der Waals surface area (Å²) in [5, 5.41) is 16.4. The first-order valence-electron chi connectivity index (χ1n) is 10.1.